The number of hydrogen-bond acceptors (Lipinski definition) is 3. The van der Waals surface area contributed by atoms with Gasteiger partial charge in [0.2, 0.25) is 11.8 Å². The fourth-order valence-corrected chi connectivity index (χ4v) is 6.62. The summed E-state index contributed by atoms with van der Waals surface area (Å²) in [4.78, 5) is 28.4. The van der Waals surface area contributed by atoms with E-state index in [0.717, 1.165) is 18.6 Å². The number of ether oxygens (including phenoxy) is 1. The standard InChI is InChI=1S/C31H31NO3/c1-31(2,3)21-9-13-23(14-10-21)35-24-15-11-22(12-16-24)32-29(33)27-20-17-25(19-7-5-4-6-8-19)26(18-20)28(27)30(32)34/h4-16,20,25-28H,17-18H2,1-3H3. The quantitative estimate of drug-likeness (QED) is 0.403. The molecule has 1 heterocycles. The van der Waals surface area contributed by atoms with Gasteiger partial charge in [-0.05, 0) is 83.5 Å². The molecule has 3 aromatic carbocycles. The Morgan fingerprint density at radius 2 is 1.34 bits per heavy atom. The van der Waals surface area contributed by atoms with E-state index in [1.165, 1.54) is 16.0 Å². The zero-order chi connectivity index (χ0) is 24.3. The van der Waals surface area contributed by atoms with E-state index < -0.39 is 0 Å². The molecule has 4 nitrogen and oxygen atoms in total. The van der Waals surface area contributed by atoms with Crippen LogP contribution in [-0.4, -0.2) is 11.8 Å². The van der Waals surface area contributed by atoms with Crippen LogP contribution in [0, 0.1) is 23.7 Å². The van der Waals surface area contributed by atoms with Crippen LogP contribution in [0.15, 0.2) is 78.9 Å². The highest BCUT2D eigenvalue weighted by Crippen LogP contribution is 2.61. The molecule has 178 valence electrons. The van der Waals surface area contributed by atoms with Crippen LogP contribution in [0.5, 0.6) is 11.5 Å². The SMILES string of the molecule is CC(C)(C)c1ccc(Oc2ccc(N3C(=O)C4C5CC(c6ccccc6)C(C5)C4C3=O)cc2)cc1. The molecule has 2 amide bonds. The summed E-state index contributed by atoms with van der Waals surface area (Å²) in [5, 5.41) is 0. The van der Waals surface area contributed by atoms with E-state index >= 15 is 0 Å². The molecule has 0 N–H and O–H groups in total. The zero-order valence-electron chi connectivity index (χ0n) is 20.5. The lowest BCUT2D eigenvalue weighted by Crippen LogP contribution is -2.32. The molecule has 2 saturated carbocycles. The van der Waals surface area contributed by atoms with Crippen LogP contribution in [0.2, 0.25) is 0 Å². The molecule has 0 radical (unpaired) electrons. The summed E-state index contributed by atoms with van der Waals surface area (Å²) < 4.78 is 6.01. The third-order valence-corrected chi connectivity index (χ3v) is 8.29. The second kappa shape index (κ2) is 8.08. The van der Waals surface area contributed by atoms with E-state index in [-0.39, 0.29) is 35.0 Å². The largest absolute Gasteiger partial charge is 0.457 e. The van der Waals surface area contributed by atoms with Gasteiger partial charge in [0.1, 0.15) is 11.5 Å². The molecule has 0 spiro atoms. The van der Waals surface area contributed by atoms with Gasteiger partial charge in [-0.2, -0.15) is 0 Å². The molecule has 35 heavy (non-hydrogen) atoms. The highest BCUT2D eigenvalue weighted by molar-refractivity contribution is 6.22. The molecule has 4 heteroatoms. The molecular weight excluding hydrogens is 434 g/mol. The van der Waals surface area contributed by atoms with Gasteiger partial charge in [0.15, 0.2) is 0 Å². The van der Waals surface area contributed by atoms with Crippen LogP contribution in [0.4, 0.5) is 5.69 Å². The van der Waals surface area contributed by atoms with E-state index in [9.17, 15) is 9.59 Å². The third-order valence-electron chi connectivity index (χ3n) is 8.29. The summed E-state index contributed by atoms with van der Waals surface area (Å²) in [7, 11) is 0. The first-order chi connectivity index (χ1) is 16.8. The van der Waals surface area contributed by atoms with Crippen molar-refractivity contribution in [2.75, 3.05) is 4.90 Å². The van der Waals surface area contributed by atoms with E-state index in [0.29, 0.717) is 23.3 Å². The van der Waals surface area contributed by atoms with Crippen molar-refractivity contribution in [1.82, 2.24) is 0 Å². The number of imide groups is 1. The first-order valence-corrected chi connectivity index (χ1v) is 12.6. The molecule has 1 saturated heterocycles. The van der Waals surface area contributed by atoms with Gasteiger partial charge in [-0.25, -0.2) is 0 Å². The number of carbonyl (C=O) groups is 2. The molecule has 5 unspecified atom stereocenters. The summed E-state index contributed by atoms with van der Waals surface area (Å²) in [6, 6.07) is 25.9. The van der Waals surface area contributed by atoms with Gasteiger partial charge >= 0.3 is 0 Å². The second-order valence-electron chi connectivity index (χ2n) is 11.3. The fraction of sp³-hybridized carbons (Fsp3) is 0.355. The van der Waals surface area contributed by atoms with Gasteiger partial charge < -0.3 is 4.74 Å². The van der Waals surface area contributed by atoms with Crippen LogP contribution in [0.3, 0.4) is 0 Å². The molecule has 3 aliphatic rings. The van der Waals surface area contributed by atoms with Crippen molar-refractivity contribution in [2.24, 2.45) is 23.7 Å². The summed E-state index contributed by atoms with van der Waals surface area (Å²) in [5.41, 5.74) is 3.28. The van der Waals surface area contributed by atoms with Gasteiger partial charge in [-0.15, -0.1) is 0 Å². The van der Waals surface area contributed by atoms with Crippen LogP contribution < -0.4 is 9.64 Å². The minimum Gasteiger partial charge on any atom is -0.457 e. The minimum atomic E-state index is -0.191. The lowest BCUT2D eigenvalue weighted by atomic mass is 9.73. The second-order valence-corrected chi connectivity index (χ2v) is 11.3. The number of fused-ring (bicyclic) bond motifs is 5. The Kier molecular flexibility index (Phi) is 5.10. The molecular formula is C31H31NO3. The smallest absolute Gasteiger partial charge is 0.237 e. The number of rotatable bonds is 4. The number of carbonyl (C=O) groups excluding carboxylic acids is 2. The van der Waals surface area contributed by atoms with Crippen molar-refractivity contribution in [3.63, 3.8) is 0 Å². The molecule has 1 aliphatic heterocycles. The zero-order valence-corrected chi connectivity index (χ0v) is 20.5. The van der Waals surface area contributed by atoms with Crippen LogP contribution in [0.25, 0.3) is 0 Å². The van der Waals surface area contributed by atoms with E-state index in [2.05, 4.69) is 57.2 Å². The molecule has 5 atom stereocenters. The normalized spacial score (nSPS) is 27.4. The topological polar surface area (TPSA) is 46.6 Å². The average molecular weight is 466 g/mol. The molecule has 2 aliphatic carbocycles. The summed E-state index contributed by atoms with van der Waals surface area (Å²) in [6.45, 7) is 6.55. The van der Waals surface area contributed by atoms with Gasteiger partial charge in [0.25, 0.3) is 0 Å². The van der Waals surface area contributed by atoms with Crippen molar-refractivity contribution < 1.29 is 14.3 Å². The maximum absolute atomic E-state index is 13.5. The highest BCUT2D eigenvalue weighted by atomic mass is 16.5. The Bertz CT molecular complexity index is 1260. The number of nitrogens with zero attached hydrogens (tertiary/aromatic N) is 1. The highest BCUT2D eigenvalue weighted by Gasteiger charge is 2.64. The number of amides is 2. The van der Waals surface area contributed by atoms with Crippen molar-refractivity contribution in [3.05, 3.63) is 90.0 Å². The van der Waals surface area contributed by atoms with Gasteiger partial charge in [-0.3, -0.25) is 14.5 Å². The van der Waals surface area contributed by atoms with Crippen molar-refractivity contribution in [1.29, 1.82) is 0 Å². The van der Waals surface area contributed by atoms with Crippen molar-refractivity contribution in [3.8, 4) is 11.5 Å². The Morgan fingerprint density at radius 1 is 0.743 bits per heavy atom. The Hall–Kier alpha value is -3.40. The minimum absolute atomic E-state index is 0.0227. The number of hydrogen-bond donors (Lipinski definition) is 0. The van der Waals surface area contributed by atoms with E-state index in [1.54, 1.807) is 0 Å². The fourth-order valence-electron chi connectivity index (χ4n) is 6.62. The summed E-state index contributed by atoms with van der Waals surface area (Å²) in [6.07, 6.45) is 1.99. The average Bonchev–Trinajstić information content (AvgIpc) is 3.51. The Labute approximate surface area is 206 Å². The van der Waals surface area contributed by atoms with Gasteiger partial charge in [0, 0.05) is 0 Å². The first-order valence-electron chi connectivity index (χ1n) is 12.6. The Morgan fingerprint density at radius 3 is 1.97 bits per heavy atom. The monoisotopic (exact) mass is 465 g/mol. The predicted molar refractivity (Wildman–Crippen MR) is 137 cm³/mol. The molecule has 2 bridgehead atoms. The number of benzene rings is 3. The Balaban J connectivity index is 1.19. The summed E-state index contributed by atoms with van der Waals surface area (Å²) in [5.74, 6) is 1.97. The molecule has 6 rings (SSSR count). The van der Waals surface area contributed by atoms with E-state index in [1.807, 2.05) is 42.5 Å². The van der Waals surface area contributed by atoms with Gasteiger partial charge in [-0.1, -0.05) is 63.2 Å². The third kappa shape index (κ3) is 3.67. The van der Waals surface area contributed by atoms with Crippen LogP contribution >= 0.6 is 0 Å². The molecule has 3 fully saturated rings. The first kappa shape index (κ1) is 22.1. The lowest BCUT2D eigenvalue weighted by molar-refractivity contribution is -0.123. The molecule has 3 aromatic rings. The van der Waals surface area contributed by atoms with Gasteiger partial charge in [0.05, 0.1) is 17.5 Å². The predicted octanol–water partition coefficient (Wildman–Crippen LogP) is 6.71. The van der Waals surface area contributed by atoms with Crippen molar-refractivity contribution >= 4 is 17.5 Å². The maximum Gasteiger partial charge on any atom is 0.237 e. The van der Waals surface area contributed by atoms with Crippen LogP contribution in [0.1, 0.15) is 50.7 Å². The summed E-state index contributed by atoms with van der Waals surface area (Å²) >= 11 is 0. The lowest BCUT2D eigenvalue weighted by Gasteiger charge is -2.28. The van der Waals surface area contributed by atoms with Crippen molar-refractivity contribution in [2.45, 2.75) is 44.9 Å². The van der Waals surface area contributed by atoms with Crippen LogP contribution in [-0.2, 0) is 15.0 Å². The van der Waals surface area contributed by atoms with E-state index in [4.69, 9.17) is 4.74 Å². The maximum atomic E-state index is 13.5. The number of anilines is 1. The molecule has 0 aromatic heterocycles.